The fourth-order valence-corrected chi connectivity index (χ4v) is 3.95. The molecule has 2 heterocycles. The van der Waals surface area contributed by atoms with Gasteiger partial charge in [-0.15, -0.1) is 0 Å². The second-order valence-corrected chi connectivity index (χ2v) is 7.17. The monoisotopic (exact) mass is 376 g/mol. The predicted molar refractivity (Wildman–Crippen MR) is 95.2 cm³/mol. The number of aliphatic carboxylic acids is 2. The van der Waals surface area contributed by atoms with Gasteiger partial charge < -0.3 is 19.8 Å². The summed E-state index contributed by atoms with van der Waals surface area (Å²) in [5.41, 5.74) is 0.839. The molecule has 27 heavy (non-hydrogen) atoms. The van der Waals surface area contributed by atoms with Crippen molar-refractivity contribution >= 4 is 17.8 Å². The molecule has 2 aliphatic rings. The Bertz CT molecular complexity index is 709. The Morgan fingerprint density at radius 3 is 2.56 bits per heavy atom. The molecule has 3 N–H and O–H groups in total. The van der Waals surface area contributed by atoms with Crippen LogP contribution in [0.1, 0.15) is 18.9 Å². The van der Waals surface area contributed by atoms with E-state index in [0.29, 0.717) is 19.6 Å². The Labute approximate surface area is 157 Å². The summed E-state index contributed by atoms with van der Waals surface area (Å²) < 4.78 is 5.40. The van der Waals surface area contributed by atoms with Gasteiger partial charge in [0.1, 0.15) is 12.1 Å². The van der Waals surface area contributed by atoms with Crippen molar-refractivity contribution in [2.75, 3.05) is 13.2 Å². The van der Waals surface area contributed by atoms with Crippen molar-refractivity contribution in [1.29, 1.82) is 0 Å². The largest absolute Gasteiger partial charge is 0.480 e. The highest BCUT2D eigenvalue weighted by molar-refractivity contribution is 5.88. The van der Waals surface area contributed by atoms with E-state index in [1.54, 1.807) is 6.92 Å². The lowest BCUT2D eigenvalue weighted by molar-refractivity contribution is -0.151. The second kappa shape index (κ2) is 8.06. The summed E-state index contributed by atoms with van der Waals surface area (Å²) in [6.45, 7) is 2.34. The first kappa shape index (κ1) is 19.3. The number of hydrogen-bond donors (Lipinski definition) is 3. The zero-order valence-electron chi connectivity index (χ0n) is 15.1. The quantitative estimate of drug-likeness (QED) is 0.629. The summed E-state index contributed by atoms with van der Waals surface area (Å²) in [4.78, 5) is 37.6. The molecule has 2 fully saturated rings. The minimum absolute atomic E-state index is 0.0156. The van der Waals surface area contributed by atoms with E-state index in [0.717, 1.165) is 5.56 Å². The third-order valence-corrected chi connectivity index (χ3v) is 5.33. The van der Waals surface area contributed by atoms with E-state index >= 15 is 0 Å². The smallest absolute Gasteiger partial charge is 0.326 e. The van der Waals surface area contributed by atoms with Crippen LogP contribution in [0.3, 0.4) is 0 Å². The Balaban J connectivity index is 1.71. The highest BCUT2D eigenvalue weighted by atomic mass is 16.5. The maximum Gasteiger partial charge on any atom is 0.326 e. The molecule has 0 bridgehead atoms. The molecule has 0 saturated carbocycles. The van der Waals surface area contributed by atoms with E-state index in [-0.39, 0.29) is 18.4 Å². The number of carbonyl (C=O) groups is 3. The molecule has 1 aromatic rings. The maximum atomic E-state index is 13.0. The van der Waals surface area contributed by atoms with Gasteiger partial charge in [-0.2, -0.15) is 0 Å². The van der Waals surface area contributed by atoms with E-state index in [9.17, 15) is 24.6 Å². The number of fused-ring (bicyclic) bond motifs is 1. The first-order valence-corrected chi connectivity index (χ1v) is 9.04. The first-order valence-electron chi connectivity index (χ1n) is 9.04. The van der Waals surface area contributed by atoms with Crippen molar-refractivity contribution in [3.05, 3.63) is 35.9 Å². The van der Waals surface area contributed by atoms with E-state index in [2.05, 4.69) is 5.32 Å². The molecular weight excluding hydrogens is 352 g/mol. The molecule has 8 heteroatoms. The molecule has 3 rings (SSSR count). The number of amides is 1. The number of rotatable bonds is 7. The second-order valence-electron chi connectivity index (χ2n) is 7.17. The average Bonchev–Trinajstić information content (AvgIpc) is 3.22. The van der Waals surface area contributed by atoms with Crippen LogP contribution in [0.15, 0.2) is 30.3 Å². The standard InChI is InChI=1S/C19H24N2O6/c1-11(20-14(18(23)24)7-12-5-3-2-4-6-12)17(22)21-15(19(25)26)8-13-9-27-10-16(13)21/h2-6,11,13-16,20H,7-10H2,1H3,(H,23,24)(H,25,26)/t11-,13?,14?,15-,16?/m0/s1. The summed E-state index contributed by atoms with van der Waals surface area (Å²) in [7, 11) is 0. The number of carboxylic acids is 2. The zero-order chi connectivity index (χ0) is 19.6. The van der Waals surface area contributed by atoms with Crippen molar-refractivity contribution in [1.82, 2.24) is 10.2 Å². The van der Waals surface area contributed by atoms with Gasteiger partial charge in [-0.1, -0.05) is 30.3 Å². The SMILES string of the molecule is C[C@H](NC(Cc1ccccc1)C(=O)O)C(=O)N1C2COCC2C[C@H]1C(=O)O. The van der Waals surface area contributed by atoms with Gasteiger partial charge in [-0.3, -0.25) is 14.9 Å². The number of carboxylic acid groups (broad SMARTS) is 2. The number of ether oxygens (including phenoxy) is 1. The van der Waals surface area contributed by atoms with E-state index < -0.39 is 36.0 Å². The van der Waals surface area contributed by atoms with Crippen LogP contribution in [0.2, 0.25) is 0 Å². The molecule has 2 aliphatic heterocycles. The van der Waals surface area contributed by atoms with Gasteiger partial charge in [0, 0.05) is 5.92 Å². The number of likely N-dealkylation sites (tertiary alicyclic amines) is 1. The van der Waals surface area contributed by atoms with Crippen molar-refractivity contribution in [3.8, 4) is 0 Å². The van der Waals surface area contributed by atoms with Gasteiger partial charge in [0.05, 0.1) is 25.3 Å². The Kier molecular flexibility index (Phi) is 5.76. The lowest BCUT2D eigenvalue weighted by Gasteiger charge is -2.31. The molecule has 8 nitrogen and oxygen atoms in total. The molecule has 0 radical (unpaired) electrons. The van der Waals surface area contributed by atoms with Gasteiger partial charge in [-0.05, 0) is 25.3 Å². The average molecular weight is 376 g/mol. The van der Waals surface area contributed by atoms with Crippen LogP contribution in [-0.2, 0) is 25.5 Å². The van der Waals surface area contributed by atoms with Crippen LogP contribution >= 0.6 is 0 Å². The number of benzene rings is 1. The van der Waals surface area contributed by atoms with Crippen LogP contribution < -0.4 is 5.32 Å². The number of nitrogens with zero attached hydrogens (tertiary/aromatic N) is 1. The lowest BCUT2D eigenvalue weighted by Crippen LogP contribution is -2.56. The van der Waals surface area contributed by atoms with Gasteiger partial charge in [0.2, 0.25) is 5.91 Å². The Hall–Kier alpha value is -2.45. The van der Waals surface area contributed by atoms with E-state index in [4.69, 9.17) is 4.74 Å². The molecule has 146 valence electrons. The van der Waals surface area contributed by atoms with Crippen LogP contribution in [0.4, 0.5) is 0 Å². The van der Waals surface area contributed by atoms with Gasteiger partial charge in [-0.25, -0.2) is 4.79 Å². The van der Waals surface area contributed by atoms with E-state index in [1.807, 2.05) is 30.3 Å². The zero-order valence-corrected chi connectivity index (χ0v) is 15.1. The van der Waals surface area contributed by atoms with Crippen LogP contribution in [0.25, 0.3) is 0 Å². The fourth-order valence-electron chi connectivity index (χ4n) is 3.95. The van der Waals surface area contributed by atoms with Crippen LogP contribution in [0, 0.1) is 5.92 Å². The summed E-state index contributed by atoms with van der Waals surface area (Å²) in [5.74, 6) is -2.48. The summed E-state index contributed by atoms with van der Waals surface area (Å²) in [5, 5.41) is 21.9. The molecular formula is C19H24N2O6. The van der Waals surface area contributed by atoms with Gasteiger partial charge in [0.25, 0.3) is 0 Å². The normalized spacial score (nSPS) is 26.4. The van der Waals surface area contributed by atoms with Crippen molar-refractivity contribution in [3.63, 3.8) is 0 Å². The lowest BCUT2D eigenvalue weighted by atomic mass is 10.0. The van der Waals surface area contributed by atoms with Crippen LogP contribution in [0.5, 0.6) is 0 Å². The third kappa shape index (κ3) is 4.12. The molecule has 1 aromatic carbocycles. The number of carbonyl (C=O) groups excluding carboxylic acids is 1. The third-order valence-electron chi connectivity index (χ3n) is 5.33. The molecule has 0 spiro atoms. The highest BCUT2D eigenvalue weighted by Gasteiger charge is 2.50. The van der Waals surface area contributed by atoms with Crippen molar-refractivity contribution < 1.29 is 29.3 Å². The topological polar surface area (TPSA) is 116 Å². The molecule has 2 saturated heterocycles. The summed E-state index contributed by atoms with van der Waals surface area (Å²) in [6, 6.07) is 6.22. The molecule has 0 aliphatic carbocycles. The highest BCUT2D eigenvalue weighted by Crippen LogP contribution is 2.35. The van der Waals surface area contributed by atoms with Crippen molar-refractivity contribution in [2.45, 2.75) is 43.9 Å². The van der Waals surface area contributed by atoms with Gasteiger partial charge in [0.15, 0.2) is 0 Å². The summed E-state index contributed by atoms with van der Waals surface area (Å²) >= 11 is 0. The fraction of sp³-hybridized carbons (Fsp3) is 0.526. The molecule has 0 aromatic heterocycles. The van der Waals surface area contributed by atoms with Crippen molar-refractivity contribution in [2.24, 2.45) is 5.92 Å². The predicted octanol–water partition coefficient (Wildman–Crippen LogP) is 0.361. The summed E-state index contributed by atoms with van der Waals surface area (Å²) in [6.07, 6.45) is 0.593. The number of hydrogen-bond acceptors (Lipinski definition) is 5. The Morgan fingerprint density at radius 2 is 1.93 bits per heavy atom. The molecule has 5 atom stereocenters. The minimum Gasteiger partial charge on any atom is -0.480 e. The Morgan fingerprint density at radius 1 is 1.22 bits per heavy atom. The molecule has 3 unspecified atom stereocenters. The number of nitrogens with one attached hydrogen (secondary N) is 1. The van der Waals surface area contributed by atoms with Crippen LogP contribution in [-0.4, -0.2) is 70.3 Å². The minimum atomic E-state index is -1.06. The van der Waals surface area contributed by atoms with E-state index in [1.165, 1.54) is 4.90 Å². The maximum absolute atomic E-state index is 13.0. The van der Waals surface area contributed by atoms with Gasteiger partial charge >= 0.3 is 11.9 Å². The molecule has 1 amide bonds. The first-order chi connectivity index (χ1) is 12.9.